The van der Waals surface area contributed by atoms with Crippen molar-refractivity contribution in [2.45, 2.75) is 0 Å². The van der Waals surface area contributed by atoms with Gasteiger partial charge in [-0.25, -0.2) is 4.98 Å². The number of hydrogen-bond donors (Lipinski definition) is 2. The molecular formula is C18H22ClN6O+. The predicted molar refractivity (Wildman–Crippen MR) is 103 cm³/mol. The maximum atomic E-state index is 6.60. The minimum absolute atomic E-state index is 0.740. The number of hydrogen-bond acceptors (Lipinski definition) is 5. The molecule has 3 N–H and O–H groups in total. The van der Waals surface area contributed by atoms with Crippen LogP contribution < -0.4 is 20.1 Å². The Morgan fingerprint density at radius 2 is 1.88 bits per heavy atom. The van der Waals surface area contributed by atoms with E-state index < -0.39 is 0 Å². The molecule has 2 saturated heterocycles. The van der Waals surface area contributed by atoms with Gasteiger partial charge in [-0.1, -0.05) is 16.6 Å². The van der Waals surface area contributed by atoms with Gasteiger partial charge in [0.2, 0.25) is 17.8 Å². The lowest BCUT2D eigenvalue weighted by Gasteiger charge is -2.29. The summed E-state index contributed by atoms with van der Waals surface area (Å²) in [4.78, 5) is 16.0. The number of anilines is 2. The van der Waals surface area contributed by atoms with Crippen LogP contribution in [0.1, 0.15) is 0 Å². The molecule has 0 unspecified atom stereocenters. The number of aromatic amines is 2. The highest BCUT2D eigenvalue weighted by atomic mass is 35.5. The first-order chi connectivity index (χ1) is 12.8. The van der Waals surface area contributed by atoms with Gasteiger partial charge in [-0.05, 0) is 12.1 Å². The van der Waals surface area contributed by atoms with Crippen LogP contribution in [0, 0.1) is 0 Å². The molecule has 2 fully saturated rings. The molecule has 2 aromatic heterocycles. The summed E-state index contributed by atoms with van der Waals surface area (Å²) in [6.45, 7) is 7.15. The zero-order valence-corrected chi connectivity index (χ0v) is 15.3. The number of rotatable bonds is 2. The van der Waals surface area contributed by atoms with E-state index in [4.69, 9.17) is 16.3 Å². The Labute approximate surface area is 156 Å². The van der Waals surface area contributed by atoms with Crippen molar-refractivity contribution >= 4 is 45.0 Å². The molecule has 0 spiro atoms. The van der Waals surface area contributed by atoms with Gasteiger partial charge in [-0.3, -0.25) is 4.90 Å². The molecule has 0 radical (unpaired) electrons. The Hall–Kier alpha value is -2.09. The summed E-state index contributed by atoms with van der Waals surface area (Å²) in [5, 5.41) is 6.46. The Morgan fingerprint density at radius 1 is 1.08 bits per heavy atom. The molecule has 7 nitrogen and oxygen atoms in total. The zero-order valence-electron chi connectivity index (χ0n) is 14.5. The zero-order chi connectivity index (χ0) is 17.5. The van der Waals surface area contributed by atoms with Gasteiger partial charge < -0.3 is 19.9 Å². The van der Waals surface area contributed by atoms with E-state index in [9.17, 15) is 0 Å². The van der Waals surface area contributed by atoms with Crippen molar-refractivity contribution in [3.05, 3.63) is 23.5 Å². The monoisotopic (exact) mass is 373 g/mol. The van der Waals surface area contributed by atoms with Crippen molar-refractivity contribution in [2.24, 2.45) is 0 Å². The van der Waals surface area contributed by atoms with E-state index in [-0.39, 0.29) is 0 Å². The molecule has 0 aliphatic carbocycles. The number of nitrogens with one attached hydrogen (secondary N) is 3. The number of benzene rings is 1. The lowest BCUT2D eigenvalue weighted by molar-refractivity contribution is -0.366. The van der Waals surface area contributed by atoms with E-state index in [0.29, 0.717) is 0 Å². The second-order valence-corrected chi connectivity index (χ2v) is 7.19. The number of H-pyrrole nitrogens is 2. The summed E-state index contributed by atoms with van der Waals surface area (Å²) in [6, 6.07) is 4.22. The summed E-state index contributed by atoms with van der Waals surface area (Å²) in [6.07, 6.45) is 1.76. The fourth-order valence-corrected chi connectivity index (χ4v) is 4.22. The lowest BCUT2D eigenvalue weighted by Crippen LogP contribution is -2.45. The van der Waals surface area contributed by atoms with E-state index in [1.165, 1.54) is 0 Å². The SMILES string of the molecule is Clc1cc2[nH]c3nc[nH+]c(N4CCNCC4)c3c2cc1N1CCOCC1. The highest BCUT2D eigenvalue weighted by Crippen LogP contribution is 2.36. The normalized spacial score (nSPS) is 18.8. The maximum absolute atomic E-state index is 6.60. The van der Waals surface area contributed by atoms with Crippen molar-refractivity contribution in [2.75, 3.05) is 62.3 Å². The number of piperazine rings is 1. The van der Waals surface area contributed by atoms with Crippen LogP contribution in [0.2, 0.25) is 5.02 Å². The lowest BCUT2D eigenvalue weighted by atomic mass is 10.1. The molecule has 5 rings (SSSR count). The van der Waals surface area contributed by atoms with Gasteiger partial charge in [-0.15, -0.1) is 0 Å². The second-order valence-electron chi connectivity index (χ2n) is 6.79. The van der Waals surface area contributed by atoms with Gasteiger partial charge in [0.1, 0.15) is 5.39 Å². The first kappa shape index (κ1) is 16.1. The topological polar surface area (TPSA) is 70.6 Å². The van der Waals surface area contributed by atoms with Crippen LogP contribution in [0.3, 0.4) is 0 Å². The minimum atomic E-state index is 0.740. The average Bonchev–Trinajstić information content (AvgIpc) is 3.06. The number of nitrogens with zero attached hydrogens (tertiary/aromatic N) is 3. The van der Waals surface area contributed by atoms with Gasteiger partial charge in [0, 0.05) is 31.6 Å². The summed E-state index contributed by atoms with van der Waals surface area (Å²) in [5.74, 6) is 1.12. The summed E-state index contributed by atoms with van der Waals surface area (Å²) < 4.78 is 5.48. The van der Waals surface area contributed by atoms with Gasteiger partial charge in [0.25, 0.3) is 0 Å². The van der Waals surface area contributed by atoms with Crippen LogP contribution >= 0.6 is 11.6 Å². The van der Waals surface area contributed by atoms with E-state index in [1.54, 1.807) is 6.33 Å². The molecule has 0 amide bonds. The maximum Gasteiger partial charge on any atom is 0.234 e. The predicted octanol–water partition coefficient (Wildman–Crippen LogP) is 1.43. The second kappa shape index (κ2) is 6.57. The number of fused-ring (bicyclic) bond motifs is 3. The van der Waals surface area contributed by atoms with Crippen LogP contribution in [0.15, 0.2) is 18.5 Å². The molecule has 3 aromatic rings. The summed E-state index contributed by atoms with van der Waals surface area (Å²) >= 11 is 6.60. The number of morpholine rings is 1. The smallest absolute Gasteiger partial charge is 0.234 e. The van der Waals surface area contributed by atoms with Gasteiger partial charge >= 0.3 is 0 Å². The third kappa shape index (κ3) is 2.67. The third-order valence-electron chi connectivity index (χ3n) is 5.26. The highest BCUT2D eigenvalue weighted by molar-refractivity contribution is 6.34. The van der Waals surface area contributed by atoms with Gasteiger partial charge in [0.15, 0.2) is 0 Å². The van der Waals surface area contributed by atoms with Crippen LogP contribution in [0.5, 0.6) is 0 Å². The summed E-state index contributed by atoms with van der Waals surface area (Å²) in [5.41, 5.74) is 2.98. The van der Waals surface area contributed by atoms with Crippen molar-refractivity contribution in [1.29, 1.82) is 0 Å². The Kier molecular flexibility index (Phi) is 4.07. The molecular weight excluding hydrogens is 352 g/mol. The van der Waals surface area contributed by atoms with Gasteiger partial charge in [-0.2, -0.15) is 0 Å². The van der Waals surface area contributed by atoms with E-state index >= 15 is 0 Å². The molecule has 136 valence electrons. The van der Waals surface area contributed by atoms with Crippen molar-refractivity contribution in [3.8, 4) is 0 Å². The quantitative estimate of drug-likeness (QED) is 0.711. The van der Waals surface area contributed by atoms with Crippen molar-refractivity contribution < 1.29 is 9.72 Å². The van der Waals surface area contributed by atoms with Crippen LogP contribution in [-0.4, -0.2) is 62.5 Å². The number of halogens is 1. The molecule has 2 aliphatic rings. The molecule has 2 aliphatic heterocycles. The molecule has 0 atom stereocenters. The molecule has 0 bridgehead atoms. The third-order valence-corrected chi connectivity index (χ3v) is 5.57. The number of ether oxygens (including phenoxy) is 1. The highest BCUT2D eigenvalue weighted by Gasteiger charge is 2.24. The molecule has 1 aromatic carbocycles. The van der Waals surface area contributed by atoms with Crippen LogP contribution in [0.4, 0.5) is 11.5 Å². The molecule has 8 heteroatoms. The first-order valence-electron chi connectivity index (χ1n) is 9.11. The molecule has 0 saturated carbocycles. The fraction of sp³-hybridized carbons (Fsp3) is 0.444. The van der Waals surface area contributed by atoms with Gasteiger partial charge in [0.05, 0.1) is 42.5 Å². The largest absolute Gasteiger partial charge is 0.378 e. The van der Waals surface area contributed by atoms with Crippen LogP contribution in [0.25, 0.3) is 21.9 Å². The molecule has 4 heterocycles. The average molecular weight is 374 g/mol. The van der Waals surface area contributed by atoms with Crippen LogP contribution in [-0.2, 0) is 4.74 Å². The number of aromatic nitrogens is 3. The minimum Gasteiger partial charge on any atom is -0.378 e. The van der Waals surface area contributed by atoms with Crippen molar-refractivity contribution in [3.63, 3.8) is 0 Å². The Balaban J connectivity index is 1.68. The molecule has 26 heavy (non-hydrogen) atoms. The van der Waals surface area contributed by atoms with Crippen molar-refractivity contribution in [1.82, 2.24) is 15.3 Å². The van der Waals surface area contributed by atoms with E-state index in [1.807, 2.05) is 6.07 Å². The summed E-state index contributed by atoms with van der Waals surface area (Å²) in [7, 11) is 0. The van der Waals surface area contributed by atoms with E-state index in [2.05, 4.69) is 36.1 Å². The van der Waals surface area contributed by atoms with E-state index in [0.717, 1.165) is 90.9 Å². The fourth-order valence-electron chi connectivity index (χ4n) is 3.94. The first-order valence-corrected chi connectivity index (χ1v) is 9.49. The standard InChI is InChI=1S/C18H21ClN6O/c19-13-10-14-12(9-15(13)24-5-7-26-8-6-24)16-17(23-14)21-11-22-18(16)25-3-1-20-2-4-25/h9-11,20H,1-8H2,(H,21,22,23)/p+1. The Morgan fingerprint density at radius 3 is 2.69 bits per heavy atom. The Bertz CT molecular complexity index is 946.